The van der Waals surface area contributed by atoms with E-state index in [1.165, 1.54) is 29.3 Å². The van der Waals surface area contributed by atoms with Crippen molar-refractivity contribution in [3.05, 3.63) is 21.9 Å². The van der Waals surface area contributed by atoms with Gasteiger partial charge in [0.15, 0.2) is 0 Å². The standard InChI is InChI=1S/C10H15NS/c1-8-4-5-10(12-8)9(2)11-6-3-7-11/h4-5,9H,3,6-7H2,1-2H3. The second-order valence-corrected chi connectivity index (χ2v) is 4.83. The molecule has 0 amide bonds. The lowest BCUT2D eigenvalue weighted by atomic mass is 10.1. The molecule has 12 heavy (non-hydrogen) atoms. The summed E-state index contributed by atoms with van der Waals surface area (Å²) < 4.78 is 0. The van der Waals surface area contributed by atoms with E-state index in [0.717, 1.165) is 0 Å². The van der Waals surface area contributed by atoms with Crippen LogP contribution in [-0.2, 0) is 0 Å². The fourth-order valence-corrected chi connectivity index (χ4v) is 2.55. The predicted molar refractivity (Wildman–Crippen MR) is 53.7 cm³/mol. The van der Waals surface area contributed by atoms with Crippen LogP contribution in [0.5, 0.6) is 0 Å². The fourth-order valence-electron chi connectivity index (χ4n) is 1.59. The van der Waals surface area contributed by atoms with Crippen molar-refractivity contribution in [2.24, 2.45) is 0 Å². The summed E-state index contributed by atoms with van der Waals surface area (Å²) in [7, 11) is 0. The summed E-state index contributed by atoms with van der Waals surface area (Å²) in [6.07, 6.45) is 1.38. The van der Waals surface area contributed by atoms with Crippen molar-refractivity contribution in [3.63, 3.8) is 0 Å². The highest BCUT2D eigenvalue weighted by molar-refractivity contribution is 7.12. The molecule has 1 nitrogen and oxygen atoms in total. The second-order valence-electron chi connectivity index (χ2n) is 3.51. The Kier molecular flexibility index (Phi) is 2.20. The van der Waals surface area contributed by atoms with Crippen molar-refractivity contribution in [1.82, 2.24) is 4.90 Å². The molecule has 1 aliphatic rings. The third kappa shape index (κ3) is 1.41. The second kappa shape index (κ2) is 3.19. The number of rotatable bonds is 2. The molecule has 0 saturated carbocycles. The lowest BCUT2D eigenvalue weighted by Crippen LogP contribution is -2.38. The van der Waals surface area contributed by atoms with Crippen molar-refractivity contribution in [1.29, 1.82) is 0 Å². The number of aryl methyl sites for hydroxylation is 1. The van der Waals surface area contributed by atoms with Gasteiger partial charge in [-0.2, -0.15) is 0 Å². The third-order valence-corrected chi connectivity index (χ3v) is 3.78. The van der Waals surface area contributed by atoms with Gasteiger partial charge >= 0.3 is 0 Å². The number of nitrogens with zero attached hydrogens (tertiary/aromatic N) is 1. The molecule has 1 aromatic rings. The van der Waals surface area contributed by atoms with Crippen LogP contribution in [0.2, 0.25) is 0 Å². The molecule has 2 rings (SSSR count). The van der Waals surface area contributed by atoms with Crippen LogP contribution in [0.15, 0.2) is 12.1 Å². The van der Waals surface area contributed by atoms with Crippen LogP contribution in [0.25, 0.3) is 0 Å². The summed E-state index contributed by atoms with van der Waals surface area (Å²) in [5, 5.41) is 0. The quantitative estimate of drug-likeness (QED) is 0.678. The first-order valence-corrected chi connectivity index (χ1v) is 5.39. The smallest absolute Gasteiger partial charge is 0.0413 e. The van der Waals surface area contributed by atoms with Gasteiger partial charge in [0.25, 0.3) is 0 Å². The van der Waals surface area contributed by atoms with Gasteiger partial charge in [-0.3, -0.25) is 4.90 Å². The first kappa shape index (κ1) is 8.27. The molecule has 0 aromatic carbocycles. The summed E-state index contributed by atoms with van der Waals surface area (Å²) in [6.45, 7) is 7.07. The largest absolute Gasteiger partial charge is 0.296 e. The molecular weight excluding hydrogens is 166 g/mol. The Bertz CT molecular complexity index is 263. The maximum atomic E-state index is 2.53. The van der Waals surface area contributed by atoms with E-state index in [9.17, 15) is 0 Å². The maximum absolute atomic E-state index is 2.53. The van der Waals surface area contributed by atoms with Crippen LogP contribution in [0.4, 0.5) is 0 Å². The van der Waals surface area contributed by atoms with Crippen LogP contribution < -0.4 is 0 Å². The lowest BCUT2D eigenvalue weighted by Gasteiger charge is -2.35. The van der Waals surface area contributed by atoms with E-state index >= 15 is 0 Å². The first-order valence-electron chi connectivity index (χ1n) is 4.58. The predicted octanol–water partition coefficient (Wildman–Crippen LogP) is 2.82. The highest BCUT2D eigenvalue weighted by Gasteiger charge is 2.21. The van der Waals surface area contributed by atoms with E-state index in [1.807, 2.05) is 11.3 Å². The highest BCUT2D eigenvalue weighted by Crippen LogP contribution is 2.29. The van der Waals surface area contributed by atoms with E-state index in [0.29, 0.717) is 6.04 Å². The Morgan fingerprint density at radius 2 is 2.17 bits per heavy atom. The molecule has 66 valence electrons. The van der Waals surface area contributed by atoms with Crippen LogP contribution in [0.3, 0.4) is 0 Å². The molecule has 0 bridgehead atoms. The van der Waals surface area contributed by atoms with E-state index < -0.39 is 0 Å². The van der Waals surface area contributed by atoms with E-state index in [1.54, 1.807) is 0 Å². The van der Waals surface area contributed by atoms with Crippen LogP contribution >= 0.6 is 11.3 Å². The zero-order valence-electron chi connectivity index (χ0n) is 7.71. The molecule has 1 aliphatic heterocycles. The molecule has 1 unspecified atom stereocenters. The highest BCUT2D eigenvalue weighted by atomic mass is 32.1. The molecule has 1 fully saturated rings. The van der Waals surface area contributed by atoms with Gasteiger partial charge in [-0.05, 0) is 45.5 Å². The molecule has 1 atom stereocenters. The summed E-state index contributed by atoms with van der Waals surface area (Å²) in [5.41, 5.74) is 0. The minimum atomic E-state index is 0.650. The Hall–Kier alpha value is -0.340. The van der Waals surface area contributed by atoms with Crippen molar-refractivity contribution in [3.8, 4) is 0 Å². The van der Waals surface area contributed by atoms with Crippen LogP contribution in [0.1, 0.15) is 29.1 Å². The number of thiophene rings is 1. The number of likely N-dealkylation sites (tertiary alicyclic amines) is 1. The summed E-state index contributed by atoms with van der Waals surface area (Å²) >= 11 is 1.93. The van der Waals surface area contributed by atoms with Gasteiger partial charge in [-0.25, -0.2) is 0 Å². The molecule has 1 aromatic heterocycles. The van der Waals surface area contributed by atoms with E-state index in [-0.39, 0.29) is 0 Å². The maximum Gasteiger partial charge on any atom is 0.0413 e. The summed E-state index contributed by atoms with van der Waals surface area (Å²) in [5.74, 6) is 0. The average Bonchev–Trinajstić information content (AvgIpc) is 2.31. The Labute approximate surface area is 78.0 Å². The minimum Gasteiger partial charge on any atom is -0.296 e. The normalized spacial score (nSPS) is 20.5. The molecule has 0 spiro atoms. The topological polar surface area (TPSA) is 3.24 Å². The fraction of sp³-hybridized carbons (Fsp3) is 0.600. The Morgan fingerprint density at radius 3 is 2.58 bits per heavy atom. The molecule has 0 radical (unpaired) electrons. The molecular formula is C10H15NS. The van der Waals surface area contributed by atoms with Gasteiger partial charge in [0.2, 0.25) is 0 Å². The van der Waals surface area contributed by atoms with Gasteiger partial charge in [-0.1, -0.05) is 0 Å². The SMILES string of the molecule is Cc1ccc(C(C)N2CCC2)s1. The van der Waals surface area contributed by atoms with Crippen LogP contribution in [-0.4, -0.2) is 18.0 Å². The van der Waals surface area contributed by atoms with Crippen molar-refractivity contribution in [2.45, 2.75) is 26.3 Å². The molecule has 2 heterocycles. The van der Waals surface area contributed by atoms with Crippen molar-refractivity contribution in [2.75, 3.05) is 13.1 Å². The van der Waals surface area contributed by atoms with Gasteiger partial charge in [0.1, 0.15) is 0 Å². The van der Waals surface area contributed by atoms with Crippen molar-refractivity contribution < 1.29 is 0 Å². The average molecular weight is 181 g/mol. The first-order chi connectivity index (χ1) is 5.77. The number of hydrogen-bond acceptors (Lipinski definition) is 2. The summed E-state index contributed by atoms with van der Waals surface area (Å²) in [4.78, 5) is 5.48. The zero-order valence-corrected chi connectivity index (χ0v) is 8.53. The molecule has 0 aliphatic carbocycles. The third-order valence-electron chi connectivity index (χ3n) is 2.61. The van der Waals surface area contributed by atoms with Crippen molar-refractivity contribution >= 4 is 11.3 Å². The van der Waals surface area contributed by atoms with Gasteiger partial charge in [0.05, 0.1) is 0 Å². The molecule has 2 heteroatoms. The van der Waals surface area contributed by atoms with E-state index in [2.05, 4.69) is 30.9 Å². The minimum absolute atomic E-state index is 0.650. The molecule has 1 saturated heterocycles. The monoisotopic (exact) mass is 181 g/mol. The van der Waals surface area contributed by atoms with Gasteiger partial charge < -0.3 is 0 Å². The summed E-state index contributed by atoms with van der Waals surface area (Å²) in [6, 6.07) is 5.14. The zero-order chi connectivity index (χ0) is 8.55. The Balaban J connectivity index is 2.08. The van der Waals surface area contributed by atoms with Crippen LogP contribution in [0, 0.1) is 6.92 Å². The lowest BCUT2D eigenvalue weighted by molar-refractivity contribution is 0.131. The Morgan fingerprint density at radius 1 is 1.42 bits per heavy atom. The van der Waals surface area contributed by atoms with E-state index in [4.69, 9.17) is 0 Å². The number of hydrogen-bond donors (Lipinski definition) is 0. The van der Waals surface area contributed by atoms with Gasteiger partial charge in [-0.15, -0.1) is 11.3 Å². The van der Waals surface area contributed by atoms with Gasteiger partial charge in [0, 0.05) is 15.8 Å². The molecule has 0 N–H and O–H groups in total.